The van der Waals surface area contributed by atoms with Gasteiger partial charge < -0.3 is 9.80 Å². The second-order valence-corrected chi connectivity index (χ2v) is 9.34. The third kappa shape index (κ3) is 4.06. The van der Waals surface area contributed by atoms with Gasteiger partial charge in [0, 0.05) is 19.6 Å². The minimum absolute atomic E-state index is 0.0531. The van der Waals surface area contributed by atoms with Crippen LogP contribution in [0.3, 0.4) is 0 Å². The first kappa shape index (κ1) is 19.2. The van der Waals surface area contributed by atoms with Crippen LogP contribution in [0.4, 0.5) is 5.69 Å². The zero-order valence-electron chi connectivity index (χ0n) is 15.2. The maximum atomic E-state index is 12.5. The molecule has 8 heteroatoms. The van der Waals surface area contributed by atoms with Crippen LogP contribution in [0, 0.1) is 5.92 Å². The number of hydrogen-bond acceptors (Lipinski definition) is 5. The summed E-state index contributed by atoms with van der Waals surface area (Å²) in [6, 6.07) is 6.91. The SMILES string of the molecule is CCCN1C(SCC(=O)N2CCC(C)CC2)=NS(=O)(=O)c2ccccc21. The normalized spacial score (nSPS) is 19.8. The number of nitrogens with zero attached hydrogens (tertiary/aromatic N) is 3. The number of likely N-dealkylation sites (tertiary alicyclic amines) is 1. The van der Waals surface area contributed by atoms with Crippen LogP contribution >= 0.6 is 11.8 Å². The molecule has 0 aromatic heterocycles. The average Bonchev–Trinajstić information content (AvgIpc) is 2.63. The zero-order valence-corrected chi connectivity index (χ0v) is 16.9. The van der Waals surface area contributed by atoms with Crippen LogP contribution in [-0.2, 0) is 14.8 Å². The molecule has 3 rings (SSSR count). The van der Waals surface area contributed by atoms with Gasteiger partial charge in [-0.3, -0.25) is 4.79 Å². The number of thioether (sulfide) groups is 1. The van der Waals surface area contributed by atoms with E-state index in [9.17, 15) is 13.2 Å². The molecule has 0 saturated carbocycles. The molecule has 2 aliphatic rings. The highest BCUT2D eigenvalue weighted by molar-refractivity contribution is 8.15. The van der Waals surface area contributed by atoms with Crippen molar-refractivity contribution in [3.05, 3.63) is 24.3 Å². The summed E-state index contributed by atoms with van der Waals surface area (Å²) >= 11 is 1.22. The number of para-hydroxylation sites is 1. The Balaban J connectivity index is 1.76. The third-order valence-corrected chi connectivity index (χ3v) is 7.16. The van der Waals surface area contributed by atoms with Crippen molar-refractivity contribution in [1.82, 2.24) is 4.90 Å². The summed E-state index contributed by atoms with van der Waals surface area (Å²) in [4.78, 5) is 16.5. The van der Waals surface area contributed by atoms with Gasteiger partial charge in [-0.25, -0.2) is 0 Å². The molecular weight excluding hydrogens is 370 g/mol. The highest BCUT2D eigenvalue weighted by Crippen LogP contribution is 2.34. The summed E-state index contributed by atoms with van der Waals surface area (Å²) in [5.41, 5.74) is 0.645. The maximum Gasteiger partial charge on any atom is 0.286 e. The molecule has 142 valence electrons. The van der Waals surface area contributed by atoms with E-state index in [4.69, 9.17) is 0 Å². The number of sulfonamides is 1. The van der Waals surface area contributed by atoms with Gasteiger partial charge in [-0.15, -0.1) is 4.40 Å². The lowest BCUT2D eigenvalue weighted by atomic mass is 9.99. The summed E-state index contributed by atoms with van der Waals surface area (Å²) in [7, 11) is -3.72. The van der Waals surface area contributed by atoms with Gasteiger partial charge in [0.15, 0.2) is 5.17 Å². The van der Waals surface area contributed by atoms with E-state index in [1.165, 1.54) is 11.8 Å². The molecule has 1 aromatic carbocycles. The quantitative estimate of drug-likeness (QED) is 0.784. The first-order valence-corrected chi connectivity index (χ1v) is 11.5. The molecule has 0 radical (unpaired) electrons. The number of rotatable bonds is 4. The summed E-state index contributed by atoms with van der Waals surface area (Å²) in [5, 5.41) is 0.393. The summed E-state index contributed by atoms with van der Waals surface area (Å²) < 4.78 is 29.0. The molecule has 0 atom stereocenters. The standard InChI is InChI=1S/C18H25N3O3S2/c1-3-10-21-15-6-4-5-7-16(15)26(23,24)19-18(21)25-13-17(22)20-11-8-14(2)9-12-20/h4-7,14H,3,8-13H2,1-2H3. The topological polar surface area (TPSA) is 70.1 Å². The Kier molecular flexibility index (Phi) is 5.92. The fraction of sp³-hybridized carbons (Fsp3) is 0.556. The van der Waals surface area contributed by atoms with Crippen LogP contribution in [0.1, 0.15) is 33.1 Å². The zero-order chi connectivity index (χ0) is 18.7. The molecule has 0 spiro atoms. The molecule has 0 N–H and O–H groups in total. The second kappa shape index (κ2) is 8.00. The monoisotopic (exact) mass is 395 g/mol. The van der Waals surface area contributed by atoms with Crippen molar-refractivity contribution >= 4 is 38.5 Å². The fourth-order valence-corrected chi connectivity index (χ4v) is 5.60. The van der Waals surface area contributed by atoms with Crippen LogP contribution in [0.5, 0.6) is 0 Å². The van der Waals surface area contributed by atoms with Crippen molar-refractivity contribution in [3.8, 4) is 0 Å². The largest absolute Gasteiger partial charge is 0.342 e. The molecule has 6 nitrogen and oxygen atoms in total. The van der Waals surface area contributed by atoms with E-state index < -0.39 is 10.0 Å². The minimum Gasteiger partial charge on any atom is -0.342 e. The Bertz CT molecular complexity index is 800. The van der Waals surface area contributed by atoms with Crippen molar-refractivity contribution in [2.45, 2.75) is 38.0 Å². The number of fused-ring (bicyclic) bond motifs is 1. The van der Waals surface area contributed by atoms with Gasteiger partial charge in [-0.1, -0.05) is 37.7 Å². The summed E-state index contributed by atoms with van der Waals surface area (Å²) in [5.74, 6) is 0.930. The van der Waals surface area contributed by atoms with Crippen molar-refractivity contribution in [3.63, 3.8) is 0 Å². The minimum atomic E-state index is -3.72. The van der Waals surface area contributed by atoms with Gasteiger partial charge in [-0.05, 0) is 37.3 Å². The summed E-state index contributed by atoms with van der Waals surface area (Å²) in [6.45, 7) is 6.47. The molecule has 0 aliphatic carbocycles. The van der Waals surface area contributed by atoms with E-state index in [-0.39, 0.29) is 16.6 Å². The van der Waals surface area contributed by atoms with E-state index in [0.717, 1.165) is 32.4 Å². The Morgan fingerprint density at radius 1 is 1.27 bits per heavy atom. The van der Waals surface area contributed by atoms with Gasteiger partial charge >= 0.3 is 0 Å². The molecule has 2 heterocycles. The van der Waals surface area contributed by atoms with Gasteiger partial charge in [0.05, 0.1) is 11.4 Å². The van der Waals surface area contributed by atoms with Crippen molar-refractivity contribution in [2.75, 3.05) is 30.3 Å². The van der Waals surface area contributed by atoms with E-state index >= 15 is 0 Å². The second-order valence-electron chi connectivity index (χ2n) is 6.82. The molecule has 2 aliphatic heterocycles. The summed E-state index contributed by atoms with van der Waals surface area (Å²) in [6.07, 6.45) is 2.91. The number of piperidine rings is 1. The first-order chi connectivity index (χ1) is 12.4. The number of amidine groups is 1. The molecule has 1 amide bonds. The Labute approximate surface area is 159 Å². The van der Waals surface area contributed by atoms with Crippen LogP contribution in [0.2, 0.25) is 0 Å². The van der Waals surface area contributed by atoms with Gasteiger partial charge in [0.1, 0.15) is 4.90 Å². The lowest BCUT2D eigenvalue weighted by Gasteiger charge is -2.32. The van der Waals surface area contributed by atoms with Crippen LogP contribution in [-0.4, -0.2) is 49.8 Å². The Morgan fingerprint density at radius 2 is 1.96 bits per heavy atom. The highest BCUT2D eigenvalue weighted by Gasteiger charge is 2.31. The Hall–Kier alpha value is -1.54. The lowest BCUT2D eigenvalue weighted by molar-refractivity contribution is -0.129. The van der Waals surface area contributed by atoms with Gasteiger partial charge in [0.25, 0.3) is 10.0 Å². The van der Waals surface area contributed by atoms with Gasteiger partial charge in [-0.2, -0.15) is 8.42 Å². The third-order valence-electron chi connectivity index (χ3n) is 4.77. The lowest BCUT2D eigenvalue weighted by Crippen LogP contribution is -2.40. The number of hydrogen-bond donors (Lipinski definition) is 0. The molecule has 1 saturated heterocycles. The van der Waals surface area contributed by atoms with Crippen molar-refractivity contribution in [1.29, 1.82) is 0 Å². The number of carbonyl (C=O) groups excluding carboxylic acids is 1. The number of anilines is 1. The number of amides is 1. The van der Waals surface area contributed by atoms with Crippen molar-refractivity contribution < 1.29 is 13.2 Å². The molecule has 1 fully saturated rings. The number of carbonyl (C=O) groups is 1. The number of benzene rings is 1. The van der Waals surface area contributed by atoms with E-state index in [2.05, 4.69) is 11.3 Å². The van der Waals surface area contributed by atoms with Crippen LogP contribution < -0.4 is 4.90 Å². The van der Waals surface area contributed by atoms with E-state index in [1.54, 1.807) is 18.2 Å². The fourth-order valence-electron chi connectivity index (χ4n) is 3.22. The molecule has 1 aromatic rings. The molecule has 26 heavy (non-hydrogen) atoms. The predicted octanol–water partition coefficient (Wildman–Crippen LogP) is 2.95. The Morgan fingerprint density at radius 3 is 2.65 bits per heavy atom. The van der Waals surface area contributed by atoms with E-state index in [0.29, 0.717) is 23.3 Å². The molecular formula is C18H25N3O3S2. The van der Waals surface area contributed by atoms with Crippen molar-refractivity contribution in [2.24, 2.45) is 10.3 Å². The average molecular weight is 396 g/mol. The predicted molar refractivity (Wildman–Crippen MR) is 106 cm³/mol. The smallest absolute Gasteiger partial charge is 0.286 e. The van der Waals surface area contributed by atoms with Crippen LogP contribution in [0.15, 0.2) is 33.6 Å². The van der Waals surface area contributed by atoms with Crippen LogP contribution in [0.25, 0.3) is 0 Å². The molecule has 0 bridgehead atoms. The van der Waals surface area contributed by atoms with E-state index in [1.807, 2.05) is 22.8 Å². The first-order valence-electron chi connectivity index (χ1n) is 9.04. The molecule has 0 unspecified atom stereocenters. The highest BCUT2D eigenvalue weighted by atomic mass is 32.2. The van der Waals surface area contributed by atoms with Gasteiger partial charge in [0.2, 0.25) is 5.91 Å². The maximum absolute atomic E-state index is 12.5.